The molecule has 1 fully saturated rings. The summed E-state index contributed by atoms with van der Waals surface area (Å²) in [6.45, 7) is 6.42. The Morgan fingerprint density at radius 1 is 1.11 bits per heavy atom. The van der Waals surface area contributed by atoms with Crippen LogP contribution in [0.5, 0.6) is 5.88 Å². The van der Waals surface area contributed by atoms with Crippen LogP contribution in [0.25, 0.3) is 22.7 Å². The smallest absolute Gasteiger partial charge is 0.332 e. The van der Waals surface area contributed by atoms with E-state index in [1.54, 1.807) is 22.9 Å². The number of halogens is 1. The number of aryl methyl sites for hydroxylation is 2. The third-order valence-corrected chi connectivity index (χ3v) is 7.43. The molecule has 1 aromatic carbocycles. The van der Waals surface area contributed by atoms with Crippen LogP contribution in [0.3, 0.4) is 0 Å². The third kappa shape index (κ3) is 4.74. The predicted molar refractivity (Wildman–Crippen MR) is 145 cm³/mol. The van der Waals surface area contributed by atoms with Gasteiger partial charge >= 0.3 is 5.69 Å². The van der Waals surface area contributed by atoms with Gasteiger partial charge in [-0.05, 0) is 56.7 Å². The minimum atomic E-state index is -0.458. The molecule has 10 nitrogen and oxygen atoms in total. The normalized spacial score (nSPS) is 17.1. The zero-order valence-corrected chi connectivity index (χ0v) is 22.5. The summed E-state index contributed by atoms with van der Waals surface area (Å²) in [5.41, 5.74) is 1.67. The fourth-order valence-corrected chi connectivity index (χ4v) is 4.94. The van der Waals surface area contributed by atoms with E-state index in [1.807, 2.05) is 26.0 Å². The highest BCUT2D eigenvalue weighted by atomic mass is 35.5. The Hall–Kier alpha value is -3.50. The van der Waals surface area contributed by atoms with Crippen molar-refractivity contribution in [1.82, 2.24) is 28.7 Å². The van der Waals surface area contributed by atoms with E-state index in [0.717, 1.165) is 18.4 Å². The molecule has 1 N–H and O–H groups in total. The van der Waals surface area contributed by atoms with Gasteiger partial charge in [0.2, 0.25) is 5.88 Å². The molecule has 3 aromatic heterocycles. The van der Waals surface area contributed by atoms with Gasteiger partial charge in [-0.3, -0.25) is 13.9 Å². The number of aliphatic hydroxyl groups excluding tert-OH is 1. The van der Waals surface area contributed by atoms with Crippen LogP contribution in [0.2, 0.25) is 5.02 Å². The maximum atomic E-state index is 13.7. The number of hydrogen-bond donors (Lipinski definition) is 1. The lowest BCUT2D eigenvalue weighted by Gasteiger charge is -2.33. The molecule has 2 unspecified atom stereocenters. The molecule has 200 valence electrons. The Labute approximate surface area is 224 Å². The van der Waals surface area contributed by atoms with E-state index >= 15 is 0 Å². The molecule has 3 heterocycles. The van der Waals surface area contributed by atoms with Crippen LogP contribution in [0, 0.1) is 12.8 Å². The molecule has 4 aromatic rings. The van der Waals surface area contributed by atoms with Crippen LogP contribution in [0.15, 0.2) is 40.1 Å². The number of hydrogen-bond acceptors (Lipinski definition) is 7. The average molecular weight is 539 g/mol. The van der Waals surface area contributed by atoms with Crippen LogP contribution in [-0.4, -0.2) is 46.5 Å². The van der Waals surface area contributed by atoms with Gasteiger partial charge < -0.3 is 14.4 Å². The first-order valence-electron chi connectivity index (χ1n) is 12.9. The summed E-state index contributed by atoms with van der Waals surface area (Å²) in [4.78, 5) is 41.0. The summed E-state index contributed by atoms with van der Waals surface area (Å²) in [6.07, 6.45) is 4.15. The Morgan fingerprint density at radius 2 is 1.87 bits per heavy atom. The largest absolute Gasteiger partial charge is 0.473 e. The third-order valence-electron chi connectivity index (χ3n) is 7.17. The summed E-state index contributed by atoms with van der Waals surface area (Å²) in [5, 5.41) is 9.94. The average Bonchev–Trinajstić information content (AvgIpc) is 3.26. The number of aromatic nitrogens is 6. The minimum Gasteiger partial charge on any atom is -0.473 e. The number of imidazole rings is 1. The summed E-state index contributed by atoms with van der Waals surface area (Å²) >= 11 is 6.10. The van der Waals surface area contributed by atoms with Gasteiger partial charge in [0.25, 0.3) is 5.56 Å². The van der Waals surface area contributed by atoms with Crippen molar-refractivity contribution in [2.75, 3.05) is 6.61 Å². The van der Waals surface area contributed by atoms with Crippen molar-refractivity contribution in [2.45, 2.75) is 65.8 Å². The van der Waals surface area contributed by atoms with Gasteiger partial charge in [0.15, 0.2) is 17.0 Å². The molecule has 11 heteroatoms. The van der Waals surface area contributed by atoms with E-state index in [4.69, 9.17) is 21.3 Å². The molecule has 1 aliphatic carbocycles. The second-order valence-corrected chi connectivity index (χ2v) is 10.2. The predicted octanol–water partition coefficient (Wildman–Crippen LogP) is 3.41. The maximum absolute atomic E-state index is 13.7. The fourth-order valence-electron chi connectivity index (χ4n) is 4.81. The summed E-state index contributed by atoms with van der Waals surface area (Å²) in [7, 11) is 0. The van der Waals surface area contributed by atoms with Crippen LogP contribution in [-0.2, 0) is 19.6 Å². The molecule has 2 atom stereocenters. The fraction of sp³-hybridized carbons (Fsp3) is 0.444. The quantitative estimate of drug-likeness (QED) is 0.347. The number of ether oxygens (including phenoxy) is 1. The van der Waals surface area contributed by atoms with Crippen molar-refractivity contribution >= 4 is 22.8 Å². The first-order chi connectivity index (χ1) is 18.3. The molecule has 0 radical (unpaired) electrons. The SMILES string of the molecule is CCn1c(=O)n(CCCO)c(=O)c2c1nc(-c1ncc(OC3CCC3C)nc1C)n2Cc1ccc(Cl)cc1. The van der Waals surface area contributed by atoms with E-state index in [0.29, 0.717) is 52.6 Å². The van der Waals surface area contributed by atoms with E-state index < -0.39 is 11.2 Å². The highest BCUT2D eigenvalue weighted by Crippen LogP contribution is 2.31. The summed E-state index contributed by atoms with van der Waals surface area (Å²) < 4.78 is 10.5. The van der Waals surface area contributed by atoms with E-state index in [9.17, 15) is 14.7 Å². The number of aliphatic hydroxyl groups is 1. The van der Waals surface area contributed by atoms with Crippen LogP contribution in [0.1, 0.15) is 44.4 Å². The first kappa shape index (κ1) is 26.1. The number of benzene rings is 1. The van der Waals surface area contributed by atoms with Gasteiger partial charge in [-0.1, -0.05) is 30.7 Å². The van der Waals surface area contributed by atoms with Gasteiger partial charge in [-0.15, -0.1) is 0 Å². The van der Waals surface area contributed by atoms with E-state index in [2.05, 4.69) is 16.9 Å². The standard InChI is InChI=1S/C27H31ClN6O4/c1-4-32-25-23(26(36)33(27(32)37)12-5-13-35)34(15-18-7-9-19(28)10-8-18)24(31-25)22-17(3)30-21(14-29-22)38-20-11-6-16(20)2/h7-10,14,16,20,35H,4-6,11-13,15H2,1-3H3. The monoisotopic (exact) mass is 538 g/mol. The Morgan fingerprint density at radius 3 is 2.47 bits per heavy atom. The Bertz CT molecular complexity index is 1590. The van der Waals surface area contributed by atoms with Crippen molar-refractivity contribution < 1.29 is 9.84 Å². The van der Waals surface area contributed by atoms with E-state index in [-0.39, 0.29) is 31.3 Å². The van der Waals surface area contributed by atoms with Crippen LogP contribution >= 0.6 is 11.6 Å². The van der Waals surface area contributed by atoms with Crippen molar-refractivity contribution in [2.24, 2.45) is 5.92 Å². The second kappa shape index (κ2) is 10.7. The molecule has 0 saturated heterocycles. The highest BCUT2D eigenvalue weighted by Gasteiger charge is 2.29. The summed E-state index contributed by atoms with van der Waals surface area (Å²) in [6, 6.07) is 7.34. The van der Waals surface area contributed by atoms with Crippen molar-refractivity contribution in [3.8, 4) is 17.4 Å². The van der Waals surface area contributed by atoms with E-state index in [1.165, 1.54) is 9.13 Å². The lowest BCUT2D eigenvalue weighted by Crippen LogP contribution is -2.40. The van der Waals surface area contributed by atoms with Crippen LogP contribution in [0.4, 0.5) is 0 Å². The molecule has 38 heavy (non-hydrogen) atoms. The number of nitrogens with zero attached hydrogens (tertiary/aromatic N) is 6. The van der Waals surface area contributed by atoms with Crippen LogP contribution < -0.4 is 16.0 Å². The second-order valence-electron chi connectivity index (χ2n) is 9.73. The molecule has 0 bridgehead atoms. The highest BCUT2D eigenvalue weighted by molar-refractivity contribution is 6.30. The first-order valence-corrected chi connectivity index (χ1v) is 13.3. The molecule has 5 rings (SSSR count). The van der Waals surface area contributed by atoms with Gasteiger partial charge in [0.05, 0.1) is 11.9 Å². The Kier molecular flexibility index (Phi) is 7.36. The van der Waals surface area contributed by atoms with Crippen molar-refractivity contribution in [1.29, 1.82) is 0 Å². The molecule has 1 saturated carbocycles. The molecular weight excluding hydrogens is 508 g/mol. The van der Waals surface area contributed by atoms with Gasteiger partial charge in [0, 0.05) is 31.3 Å². The van der Waals surface area contributed by atoms with Crippen molar-refractivity contribution in [3.63, 3.8) is 0 Å². The van der Waals surface area contributed by atoms with Gasteiger partial charge in [-0.25, -0.2) is 19.7 Å². The van der Waals surface area contributed by atoms with Crippen molar-refractivity contribution in [3.05, 3.63) is 67.6 Å². The zero-order valence-electron chi connectivity index (χ0n) is 21.7. The Balaban J connectivity index is 1.70. The molecule has 0 aliphatic heterocycles. The number of fused-ring (bicyclic) bond motifs is 1. The summed E-state index contributed by atoms with van der Waals surface area (Å²) in [5.74, 6) is 1.38. The molecule has 1 aliphatic rings. The minimum absolute atomic E-state index is 0.107. The number of rotatable bonds is 9. The van der Waals surface area contributed by atoms with Gasteiger partial charge in [-0.2, -0.15) is 0 Å². The van der Waals surface area contributed by atoms with Gasteiger partial charge in [0.1, 0.15) is 11.8 Å². The zero-order chi connectivity index (χ0) is 27.0. The topological polar surface area (TPSA) is 117 Å². The lowest BCUT2D eigenvalue weighted by atomic mass is 9.84. The molecule has 0 amide bonds. The molecular formula is C27H31ClN6O4. The molecule has 0 spiro atoms. The lowest BCUT2D eigenvalue weighted by molar-refractivity contribution is 0.0530. The maximum Gasteiger partial charge on any atom is 0.332 e.